The van der Waals surface area contributed by atoms with Crippen molar-refractivity contribution in [1.82, 2.24) is 5.32 Å². The Labute approximate surface area is 308 Å². The van der Waals surface area contributed by atoms with Crippen LogP contribution in [0.5, 0.6) is 0 Å². The second-order valence-electron chi connectivity index (χ2n) is 13.9. The third-order valence-corrected chi connectivity index (χ3v) is 8.94. The molecule has 0 aliphatic heterocycles. The van der Waals surface area contributed by atoms with Crippen molar-refractivity contribution < 1.29 is 24.2 Å². The molecule has 2 N–H and O–H groups in total. The monoisotopic (exact) mass is 700 g/mol. The van der Waals surface area contributed by atoms with Gasteiger partial charge in [-0.3, -0.25) is 14.4 Å². The number of ether oxygens (including phenoxy) is 1. The van der Waals surface area contributed by atoms with Gasteiger partial charge in [-0.25, -0.2) is 0 Å². The first-order valence-electron chi connectivity index (χ1n) is 20.8. The standard InChI is InChI=1S/C44H77NO5/c1-3-5-7-9-11-12-13-14-15-16-17-18-19-20-21-22-23-24-25-26-27-29-35-39-44(49)50-41(36-32-28-10-8-6-4-2)37-33-30-31-34-38-42(46)45-40-43(47)48/h8,10,13-14,16-17,32,36,41H,3-7,9,11-12,15,18-31,33-35,37-40H2,1-2H3,(H,45,46)(H,47,48)/b10-8-,14-13-,17-16-,36-32-. The minimum absolute atomic E-state index is 0.105. The predicted octanol–water partition coefficient (Wildman–Crippen LogP) is 12.7. The Morgan fingerprint density at radius 2 is 1.02 bits per heavy atom. The largest absolute Gasteiger partial charge is 0.480 e. The Kier molecular flexibility index (Phi) is 37.1. The van der Waals surface area contributed by atoms with Crippen LogP contribution in [0.25, 0.3) is 0 Å². The summed E-state index contributed by atoms with van der Waals surface area (Å²) >= 11 is 0. The molecule has 6 nitrogen and oxygen atoms in total. The van der Waals surface area contributed by atoms with Crippen LogP contribution in [-0.2, 0) is 19.1 Å². The first kappa shape index (κ1) is 47.4. The molecule has 6 heteroatoms. The summed E-state index contributed by atoms with van der Waals surface area (Å²) in [6.45, 7) is 4.10. The number of hydrogen-bond donors (Lipinski definition) is 2. The van der Waals surface area contributed by atoms with Gasteiger partial charge in [0.1, 0.15) is 12.6 Å². The number of esters is 1. The summed E-state index contributed by atoms with van der Waals surface area (Å²) in [7, 11) is 0. The predicted molar refractivity (Wildman–Crippen MR) is 212 cm³/mol. The van der Waals surface area contributed by atoms with Gasteiger partial charge in [0.05, 0.1) is 0 Å². The molecule has 1 atom stereocenters. The number of nitrogens with one attached hydrogen (secondary N) is 1. The van der Waals surface area contributed by atoms with Crippen molar-refractivity contribution in [3.05, 3.63) is 48.6 Å². The zero-order valence-electron chi connectivity index (χ0n) is 32.5. The van der Waals surface area contributed by atoms with Crippen LogP contribution in [0.2, 0.25) is 0 Å². The molecule has 0 bridgehead atoms. The van der Waals surface area contributed by atoms with Crippen molar-refractivity contribution in [2.24, 2.45) is 0 Å². The smallest absolute Gasteiger partial charge is 0.322 e. The van der Waals surface area contributed by atoms with Crippen molar-refractivity contribution in [1.29, 1.82) is 0 Å². The molecule has 0 heterocycles. The minimum Gasteiger partial charge on any atom is -0.480 e. The maximum absolute atomic E-state index is 12.6. The van der Waals surface area contributed by atoms with Gasteiger partial charge in [0.15, 0.2) is 0 Å². The van der Waals surface area contributed by atoms with Crippen LogP contribution in [0, 0.1) is 0 Å². The van der Waals surface area contributed by atoms with E-state index in [-0.39, 0.29) is 24.5 Å². The first-order chi connectivity index (χ1) is 24.5. The van der Waals surface area contributed by atoms with Gasteiger partial charge in [-0.05, 0) is 76.7 Å². The third-order valence-electron chi connectivity index (χ3n) is 8.94. The zero-order valence-corrected chi connectivity index (χ0v) is 32.5. The SMILES string of the molecule is CCC/C=C\C/C=C\C(CCCCCCC(=O)NCC(=O)O)OC(=O)CCCCCCCCCCCCC/C=C\C/C=C\CCCCCCC. The van der Waals surface area contributed by atoms with E-state index in [0.29, 0.717) is 12.8 Å². The van der Waals surface area contributed by atoms with Crippen LogP contribution >= 0.6 is 0 Å². The van der Waals surface area contributed by atoms with Crippen molar-refractivity contribution >= 4 is 17.8 Å². The topological polar surface area (TPSA) is 92.7 Å². The summed E-state index contributed by atoms with van der Waals surface area (Å²) in [6.07, 6.45) is 49.9. The van der Waals surface area contributed by atoms with Gasteiger partial charge in [0.2, 0.25) is 5.91 Å². The molecule has 0 rings (SSSR count). The van der Waals surface area contributed by atoms with E-state index in [0.717, 1.165) is 70.6 Å². The lowest BCUT2D eigenvalue weighted by Crippen LogP contribution is -2.28. The van der Waals surface area contributed by atoms with Crippen LogP contribution < -0.4 is 5.32 Å². The second kappa shape index (κ2) is 39.2. The molecular weight excluding hydrogens is 622 g/mol. The fourth-order valence-electron chi connectivity index (χ4n) is 5.85. The molecular formula is C44H77NO5. The number of rotatable bonds is 37. The number of aliphatic carboxylic acids is 1. The Balaban J connectivity index is 3.90. The van der Waals surface area contributed by atoms with E-state index in [1.54, 1.807) is 0 Å². The molecule has 0 aromatic carbocycles. The molecule has 0 aliphatic carbocycles. The summed E-state index contributed by atoms with van der Waals surface area (Å²) in [5, 5.41) is 11.0. The maximum atomic E-state index is 12.6. The lowest BCUT2D eigenvalue weighted by Gasteiger charge is -2.14. The van der Waals surface area contributed by atoms with Gasteiger partial charge in [0, 0.05) is 12.8 Å². The molecule has 0 aliphatic rings. The molecule has 0 saturated carbocycles. The number of allylic oxidation sites excluding steroid dienone is 7. The van der Waals surface area contributed by atoms with Gasteiger partial charge >= 0.3 is 11.9 Å². The quantitative estimate of drug-likeness (QED) is 0.0382. The average Bonchev–Trinajstić information content (AvgIpc) is 3.10. The van der Waals surface area contributed by atoms with Gasteiger partial charge in [-0.15, -0.1) is 0 Å². The summed E-state index contributed by atoms with van der Waals surface area (Å²) < 4.78 is 5.85. The molecule has 0 aromatic heterocycles. The van der Waals surface area contributed by atoms with E-state index in [1.165, 1.54) is 103 Å². The van der Waals surface area contributed by atoms with E-state index in [2.05, 4.69) is 61.7 Å². The van der Waals surface area contributed by atoms with Crippen LogP contribution in [0.4, 0.5) is 0 Å². The number of carbonyl (C=O) groups is 3. The molecule has 0 saturated heterocycles. The van der Waals surface area contributed by atoms with Crippen LogP contribution in [0.15, 0.2) is 48.6 Å². The van der Waals surface area contributed by atoms with Crippen molar-refractivity contribution in [2.75, 3.05) is 6.54 Å². The fraction of sp³-hybridized carbons (Fsp3) is 0.750. The average molecular weight is 700 g/mol. The number of hydrogen-bond acceptors (Lipinski definition) is 4. The molecule has 0 radical (unpaired) electrons. The molecule has 50 heavy (non-hydrogen) atoms. The molecule has 0 aromatic rings. The van der Waals surface area contributed by atoms with Gasteiger partial charge in [-0.2, -0.15) is 0 Å². The van der Waals surface area contributed by atoms with Crippen molar-refractivity contribution in [3.63, 3.8) is 0 Å². The third kappa shape index (κ3) is 38.2. The lowest BCUT2D eigenvalue weighted by atomic mass is 10.0. The maximum Gasteiger partial charge on any atom is 0.322 e. The van der Waals surface area contributed by atoms with Crippen molar-refractivity contribution in [3.8, 4) is 0 Å². The molecule has 0 fully saturated rings. The minimum atomic E-state index is -1.03. The first-order valence-corrected chi connectivity index (χ1v) is 20.8. The molecule has 0 spiro atoms. The summed E-state index contributed by atoms with van der Waals surface area (Å²) in [6, 6.07) is 0. The Hall–Kier alpha value is -2.63. The van der Waals surface area contributed by atoms with Gasteiger partial charge in [-0.1, -0.05) is 159 Å². The molecule has 288 valence electrons. The van der Waals surface area contributed by atoms with E-state index < -0.39 is 5.97 Å². The van der Waals surface area contributed by atoms with E-state index in [1.807, 2.05) is 6.08 Å². The van der Waals surface area contributed by atoms with Gasteiger partial charge in [0.25, 0.3) is 0 Å². The summed E-state index contributed by atoms with van der Waals surface area (Å²) in [4.78, 5) is 34.8. The van der Waals surface area contributed by atoms with E-state index >= 15 is 0 Å². The fourth-order valence-corrected chi connectivity index (χ4v) is 5.85. The lowest BCUT2D eigenvalue weighted by molar-refractivity contribution is -0.147. The number of carboxylic acid groups (broad SMARTS) is 1. The van der Waals surface area contributed by atoms with Crippen LogP contribution in [0.3, 0.4) is 0 Å². The molecule has 1 amide bonds. The number of carbonyl (C=O) groups excluding carboxylic acids is 2. The van der Waals surface area contributed by atoms with Gasteiger partial charge < -0.3 is 15.2 Å². The second-order valence-corrected chi connectivity index (χ2v) is 13.9. The Morgan fingerprint density at radius 3 is 1.58 bits per heavy atom. The highest BCUT2D eigenvalue weighted by atomic mass is 16.5. The number of carboxylic acids is 1. The normalized spacial score (nSPS) is 12.5. The van der Waals surface area contributed by atoms with Crippen molar-refractivity contribution in [2.45, 2.75) is 206 Å². The Bertz CT molecular complexity index is 906. The molecule has 1 unspecified atom stereocenters. The number of unbranched alkanes of at least 4 members (excludes halogenated alkanes) is 20. The highest BCUT2D eigenvalue weighted by Crippen LogP contribution is 2.15. The highest BCUT2D eigenvalue weighted by Gasteiger charge is 2.12. The summed E-state index contributed by atoms with van der Waals surface area (Å²) in [5.41, 5.74) is 0. The highest BCUT2D eigenvalue weighted by molar-refractivity contribution is 5.80. The summed E-state index contributed by atoms with van der Waals surface area (Å²) in [5.74, 6) is -1.36. The van der Waals surface area contributed by atoms with Crippen LogP contribution in [-0.4, -0.2) is 35.6 Å². The van der Waals surface area contributed by atoms with E-state index in [9.17, 15) is 14.4 Å². The number of amides is 1. The Morgan fingerprint density at radius 1 is 0.540 bits per heavy atom. The van der Waals surface area contributed by atoms with Crippen LogP contribution in [0.1, 0.15) is 200 Å². The zero-order chi connectivity index (χ0) is 36.6. The van der Waals surface area contributed by atoms with E-state index in [4.69, 9.17) is 9.84 Å².